The molecular formula is C25H24N2O3. The third kappa shape index (κ3) is 3.53. The molecule has 5 heteroatoms. The van der Waals surface area contributed by atoms with Crippen molar-refractivity contribution in [2.24, 2.45) is 0 Å². The van der Waals surface area contributed by atoms with Gasteiger partial charge in [-0.25, -0.2) is 0 Å². The Morgan fingerprint density at radius 2 is 1.93 bits per heavy atom. The Hall–Kier alpha value is -3.31. The maximum atomic E-state index is 12.7. The number of aromatic nitrogens is 1. The molecule has 3 heterocycles. The number of hydrogen-bond acceptors (Lipinski definition) is 4. The Balaban J connectivity index is 1.40. The fourth-order valence-corrected chi connectivity index (χ4v) is 4.05. The molecule has 0 spiro atoms. The molecule has 2 aromatic heterocycles. The van der Waals surface area contributed by atoms with Crippen molar-refractivity contribution in [3.63, 3.8) is 0 Å². The first-order valence-electron chi connectivity index (χ1n) is 10.4. The molecule has 2 aromatic carbocycles. The van der Waals surface area contributed by atoms with Crippen molar-refractivity contribution in [3.8, 4) is 11.4 Å². The number of rotatable bonds is 5. The van der Waals surface area contributed by atoms with E-state index in [0.29, 0.717) is 12.4 Å². The molecular weight excluding hydrogens is 376 g/mol. The highest BCUT2D eigenvalue weighted by molar-refractivity contribution is 5.84. The lowest BCUT2D eigenvalue weighted by molar-refractivity contribution is 0.256. The third-order valence-corrected chi connectivity index (χ3v) is 5.76. The fraction of sp³-hybridized carbons (Fsp3) is 0.240. The van der Waals surface area contributed by atoms with Gasteiger partial charge in [0.1, 0.15) is 23.7 Å². The maximum Gasteiger partial charge on any atom is 0.258 e. The standard InChI is InChI=1S/C25H24N2O3/c1-2-26-12-11-23-22(16-26)21-9-8-19(14-24(21)30-23)27-13-10-20(15-25(27)28)29-17-18-6-4-3-5-7-18/h3-10,13-15H,2,11-12,16-17H2,1H3. The van der Waals surface area contributed by atoms with Crippen LogP contribution in [0.4, 0.5) is 0 Å². The summed E-state index contributed by atoms with van der Waals surface area (Å²) >= 11 is 0. The van der Waals surface area contributed by atoms with Gasteiger partial charge in [-0.3, -0.25) is 14.3 Å². The van der Waals surface area contributed by atoms with Gasteiger partial charge in [-0.1, -0.05) is 37.3 Å². The zero-order chi connectivity index (χ0) is 20.5. The van der Waals surface area contributed by atoms with Gasteiger partial charge in [-0.05, 0) is 30.3 Å². The highest BCUT2D eigenvalue weighted by Crippen LogP contribution is 2.31. The minimum absolute atomic E-state index is 0.131. The number of nitrogens with zero attached hydrogens (tertiary/aromatic N) is 2. The van der Waals surface area contributed by atoms with Crippen molar-refractivity contribution < 1.29 is 9.15 Å². The molecule has 4 aromatic rings. The maximum absolute atomic E-state index is 12.7. The molecule has 30 heavy (non-hydrogen) atoms. The lowest BCUT2D eigenvalue weighted by Gasteiger charge is -2.24. The van der Waals surface area contributed by atoms with E-state index in [2.05, 4.69) is 17.9 Å². The third-order valence-electron chi connectivity index (χ3n) is 5.76. The van der Waals surface area contributed by atoms with Gasteiger partial charge < -0.3 is 9.15 Å². The summed E-state index contributed by atoms with van der Waals surface area (Å²) in [7, 11) is 0. The molecule has 0 saturated heterocycles. The van der Waals surface area contributed by atoms with E-state index >= 15 is 0 Å². The van der Waals surface area contributed by atoms with Crippen molar-refractivity contribution in [1.82, 2.24) is 9.47 Å². The summed E-state index contributed by atoms with van der Waals surface area (Å²) in [6.07, 6.45) is 2.69. The Morgan fingerprint density at radius 3 is 2.73 bits per heavy atom. The minimum Gasteiger partial charge on any atom is -0.489 e. The van der Waals surface area contributed by atoms with Crippen molar-refractivity contribution in [2.45, 2.75) is 26.5 Å². The topological polar surface area (TPSA) is 47.6 Å². The molecule has 5 nitrogen and oxygen atoms in total. The van der Waals surface area contributed by atoms with Crippen LogP contribution in [0.15, 0.2) is 76.1 Å². The number of hydrogen-bond donors (Lipinski definition) is 0. The van der Waals surface area contributed by atoms with Crippen LogP contribution in [0.3, 0.4) is 0 Å². The quantitative estimate of drug-likeness (QED) is 0.493. The summed E-state index contributed by atoms with van der Waals surface area (Å²) < 4.78 is 13.5. The highest BCUT2D eigenvalue weighted by Gasteiger charge is 2.22. The predicted octanol–water partition coefficient (Wildman–Crippen LogP) is 4.54. The van der Waals surface area contributed by atoms with E-state index in [1.165, 1.54) is 11.6 Å². The van der Waals surface area contributed by atoms with Crippen LogP contribution in [0.25, 0.3) is 16.7 Å². The molecule has 0 amide bonds. The molecule has 1 aliphatic heterocycles. The van der Waals surface area contributed by atoms with Crippen LogP contribution in [0.5, 0.6) is 5.75 Å². The van der Waals surface area contributed by atoms with Gasteiger partial charge in [0.2, 0.25) is 0 Å². The Kier molecular flexibility index (Phi) is 4.89. The first-order chi connectivity index (χ1) is 14.7. The molecule has 0 atom stereocenters. The molecule has 0 saturated carbocycles. The number of fused-ring (bicyclic) bond motifs is 3. The molecule has 0 bridgehead atoms. The molecule has 1 aliphatic rings. The van der Waals surface area contributed by atoms with Crippen molar-refractivity contribution in [2.75, 3.05) is 13.1 Å². The lowest BCUT2D eigenvalue weighted by Crippen LogP contribution is -2.29. The van der Waals surface area contributed by atoms with Gasteiger partial charge in [-0.15, -0.1) is 0 Å². The van der Waals surface area contributed by atoms with E-state index < -0.39 is 0 Å². The van der Waals surface area contributed by atoms with Crippen molar-refractivity contribution >= 4 is 11.0 Å². The largest absolute Gasteiger partial charge is 0.489 e. The van der Waals surface area contributed by atoms with Gasteiger partial charge in [0.05, 0.1) is 5.69 Å². The number of likely N-dealkylation sites (N-methyl/N-ethyl adjacent to an activating group) is 1. The summed E-state index contributed by atoms with van der Waals surface area (Å²) in [5.41, 5.74) is 3.85. The summed E-state index contributed by atoms with van der Waals surface area (Å²) in [5.74, 6) is 1.64. The van der Waals surface area contributed by atoms with Crippen LogP contribution in [-0.2, 0) is 19.6 Å². The molecule has 152 valence electrons. The van der Waals surface area contributed by atoms with Crippen LogP contribution >= 0.6 is 0 Å². The van der Waals surface area contributed by atoms with E-state index in [4.69, 9.17) is 9.15 Å². The zero-order valence-electron chi connectivity index (χ0n) is 17.0. The van der Waals surface area contributed by atoms with Gasteiger partial charge in [0.15, 0.2) is 0 Å². The van der Waals surface area contributed by atoms with E-state index in [-0.39, 0.29) is 5.56 Å². The van der Waals surface area contributed by atoms with Crippen LogP contribution in [-0.4, -0.2) is 22.6 Å². The number of ether oxygens (including phenoxy) is 1. The van der Waals surface area contributed by atoms with Gasteiger partial charge >= 0.3 is 0 Å². The monoisotopic (exact) mass is 400 g/mol. The molecule has 0 N–H and O–H groups in total. The Labute approximate surface area is 175 Å². The zero-order valence-corrected chi connectivity index (χ0v) is 17.0. The molecule has 0 radical (unpaired) electrons. The van der Waals surface area contributed by atoms with E-state index in [1.807, 2.05) is 48.5 Å². The molecule has 5 rings (SSSR count). The summed E-state index contributed by atoms with van der Waals surface area (Å²) in [6.45, 7) is 5.61. The summed E-state index contributed by atoms with van der Waals surface area (Å²) in [6, 6.07) is 19.3. The van der Waals surface area contributed by atoms with Gasteiger partial charge in [0.25, 0.3) is 5.56 Å². The minimum atomic E-state index is -0.131. The number of furan rings is 1. The molecule has 0 unspecified atom stereocenters. The van der Waals surface area contributed by atoms with Crippen LogP contribution in [0.2, 0.25) is 0 Å². The van der Waals surface area contributed by atoms with Gasteiger partial charge in [-0.2, -0.15) is 0 Å². The fourth-order valence-electron chi connectivity index (χ4n) is 4.05. The summed E-state index contributed by atoms with van der Waals surface area (Å²) in [5, 5.41) is 1.14. The first kappa shape index (κ1) is 18.7. The smallest absolute Gasteiger partial charge is 0.258 e. The number of pyridine rings is 1. The average molecular weight is 400 g/mol. The van der Waals surface area contributed by atoms with E-state index in [0.717, 1.165) is 54.0 Å². The SMILES string of the molecule is CCN1CCc2oc3cc(-n4ccc(OCc5ccccc5)cc4=O)ccc3c2C1. The predicted molar refractivity (Wildman–Crippen MR) is 117 cm³/mol. The van der Waals surface area contributed by atoms with E-state index in [9.17, 15) is 4.79 Å². The van der Waals surface area contributed by atoms with Crippen molar-refractivity contribution in [3.05, 3.63) is 94.1 Å². The summed E-state index contributed by atoms with van der Waals surface area (Å²) in [4.78, 5) is 15.1. The number of benzene rings is 2. The van der Waals surface area contributed by atoms with Crippen LogP contribution in [0, 0.1) is 0 Å². The lowest BCUT2D eigenvalue weighted by atomic mass is 10.0. The van der Waals surface area contributed by atoms with Crippen LogP contribution < -0.4 is 10.3 Å². The van der Waals surface area contributed by atoms with Gasteiger partial charge in [0, 0.05) is 48.8 Å². The normalized spacial score (nSPS) is 14.0. The first-order valence-corrected chi connectivity index (χ1v) is 10.4. The molecule has 0 aliphatic carbocycles. The van der Waals surface area contributed by atoms with Crippen LogP contribution in [0.1, 0.15) is 23.8 Å². The molecule has 0 fully saturated rings. The average Bonchev–Trinajstić information content (AvgIpc) is 3.15. The van der Waals surface area contributed by atoms with E-state index in [1.54, 1.807) is 10.8 Å². The second-order valence-electron chi connectivity index (χ2n) is 7.65. The van der Waals surface area contributed by atoms with Crippen molar-refractivity contribution in [1.29, 1.82) is 0 Å². The second-order valence-corrected chi connectivity index (χ2v) is 7.65. The Morgan fingerprint density at radius 1 is 1.07 bits per heavy atom. The second kappa shape index (κ2) is 7.84. The Bertz CT molecular complexity index is 1240. The highest BCUT2D eigenvalue weighted by atomic mass is 16.5.